The van der Waals surface area contributed by atoms with E-state index in [9.17, 15) is 26.3 Å². The number of alkyl halides is 6. The monoisotopic (exact) mass is 382 g/mol. The van der Waals surface area contributed by atoms with E-state index in [-0.39, 0.29) is 0 Å². The Morgan fingerprint density at radius 2 is 1.00 bits per heavy atom. The molecule has 0 amide bonds. The van der Waals surface area contributed by atoms with Gasteiger partial charge in [0, 0.05) is 18.1 Å². The third kappa shape index (κ3) is 12.5. The Morgan fingerprint density at radius 3 is 1.20 bits per heavy atom. The second-order valence-corrected chi connectivity index (χ2v) is 5.66. The van der Waals surface area contributed by atoms with Gasteiger partial charge in [-0.3, -0.25) is 0 Å². The Morgan fingerprint density at radius 1 is 0.760 bits per heavy atom. The molecular weight excluding hydrogens is 362 g/mol. The van der Waals surface area contributed by atoms with Gasteiger partial charge < -0.3 is 21.3 Å². The highest BCUT2D eigenvalue weighted by Crippen LogP contribution is 2.24. The molecule has 0 spiro atoms. The van der Waals surface area contributed by atoms with E-state index in [1.165, 1.54) is 38.5 Å². The SMILES string of the molecule is N[C@H]1CC[C@@H](NC2CC2)CC1.O=C(O)C(F)(F)F.O=C(O)C(F)(F)F. The van der Waals surface area contributed by atoms with Crippen molar-refractivity contribution in [1.82, 2.24) is 5.32 Å². The van der Waals surface area contributed by atoms with Crippen LogP contribution >= 0.6 is 0 Å². The van der Waals surface area contributed by atoms with Crippen molar-refractivity contribution in [2.45, 2.75) is 69.0 Å². The first-order valence-corrected chi connectivity index (χ1v) is 7.35. The van der Waals surface area contributed by atoms with Crippen LogP contribution in [-0.4, -0.2) is 52.6 Å². The number of nitrogens with one attached hydrogen (secondary N) is 1. The molecule has 0 aromatic rings. The fourth-order valence-corrected chi connectivity index (χ4v) is 1.87. The number of aliphatic carboxylic acids is 2. The van der Waals surface area contributed by atoms with Gasteiger partial charge in [0.1, 0.15) is 0 Å². The first-order chi connectivity index (χ1) is 11.2. The third-order valence-corrected chi connectivity index (χ3v) is 3.31. The van der Waals surface area contributed by atoms with E-state index in [2.05, 4.69) is 5.32 Å². The van der Waals surface area contributed by atoms with Crippen LogP contribution in [0.1, 0.15) is 38.5 Å². The third-order valence-electron chi connectivity index (χ3n) is 3.31. The van der Waals surface area contributed by atoms with Gasteiger partial charge in [-0.2, -0.15) is 26.3 Å². The average molecular weight is 382 g/mol. The number of rotatable bonds is 2. The van der Waals surface area contributed by atoms with Crippen LogP contribution < -0.4 is 11.1 Å². The number of nitrogens with two attached hydrogens (primary N) is 1. The van der Waals surface area contributed by atoms with E-state index in [1.807, 2.05) is 0 Å². The van der Waals surface area contributed by atoms with Crippen molar-refractivity contribution in [3.8, 4) is 0 Å². The van der Waals surface area contributed by atoms with Crippen molar-refractivity contribution in [3.63, 3.8) is 0 Å². The summed E-state index contributed by atoms with van der Waals surface area (Å²) in [6.07, 6.45) is -2.30. The molecule has 0 atom stereocenters. The van der Waals surface area contributed by atoms with Gasteiger partial charge in [-0.25, -0.2) is 9.59 Å². The van der Waals surface area contributed by atoms with Crippen LogP contribution in [0.25, 0.3) is 0 Å². The van der Waals surface area contributed by atoms with Gasteiger partial charge in [0.05, 0.1) is 0 Å². The summed E-state index contributed by atoms with van der Waals surface area (Å²) in [6, 6.07) is 2.16. The minimum atomic E-state index is -5.08. The first-order valence-electron chi connectivity index (χ1n) is 7.35. The highest BCUT2D eigenvalue weighted by Gasteiger charge is 2.38. The van der Waals surface area contributed by atoms with E-state index < -0.39 is 24.3 Å². The fourth-order valence-electron chi connectivity index (χ4n) is 1.87. The van der Waals surface area contributed by atoms with Crippen molar-refractivity contribution < 1.29 is 46.1 Å². The molecule has 2 fully saturated rings. The standard InChI is InChI=1S/C9H18N2.2C2HF3O2/c10-7-1-3-8(4-2-7)11-9-5-6-9;2*3-2(4,5)1(6)7/h7-9,11H,1-6,10H2;2*(H,6,7)/t7-,8+;;. The molecule has 25 heavy (non-hydrogen) atoms. The van der Waals surface area contributed by atoms with E-state index in [0.717, 1.165) is 12.1 Å². The van der Waals surface area contributed by atoms with Gasteiger partial charge in [0.2, 0.25) is 0 Å². The van der Waals surface area contributed by atoms with Gasteiger partial charge in [-0.1, -0.05) is 0 Å². The lowest BCUT2D eigenvalue weighted by Crippen LogP contribution is -2.38. The molecule has 5 N–H and O–H groups in total. The molecule has 2 aliphatic carbocycles. The Hall–Kier alpha value is -1.56. The highest BCUT2D eigenvalue weighted by atomic mass is 19.4. The zero-order chi connectivity index (χ0) is 19.8. The van der Waals surface area contributed by atoms with Crippen molar-refractivity contribution >= 4 is 11.9 Å². The van der Waals surface area contributed by atoms with Crippen molar-refractivity contribution in [2.24, 2.45) is 5.73 Å². The Kier molecular flexibility index (Phi) is 9.19. The molecule has 2 aliphatic rings. The van der Waals surface area contributed by atoms with Gasteiger partial charge in [0.25, 0.3) is 0 Å². The molecule has 0 radical (unpaired) electrons. The number of hydrogen-bond donors (Lipinski definition) is 4. The predicted octanol–water partition coefficient (Wildman–Crippen LogP) is 2.27. The number of carbonyl (C=O) groups is 2. The smallest absolute Gasteiger partial charge is 0.475 e. The molecule has 2 saturated carbocycles. The largest absolute Gasteiger partial charge is 0.490 e. The molecule has 6 nitrogen and oxygen atoms in total. The maximum Gasteiger partial charge on any atom is 0.490 e. The van der Waals surface area contributed by atoms with E-state index >= 15 is 0 Å². The number of hydrogen-bond acceptors (Lipinski definition) is 4. The van der Waals surface area contributed by atoms with E-state index in [1.54, 1.807) is 0 Å². The van der Waals surface area contributed by atoms with Crippen LogP contribution in [0.5, 0.6) is 0 Å². The molecule has 148 valence electrons. The Labute approximate surface area is 139 Å². The first kappa shape index (κ1) is 23.4. The van der Waals surface area contributed by atoms with Gasteiger partial charge in [0.15, 0.2) is 0 Å². The summed E-state index contributed by atoms with van der Waals surface area (Å²) in [5, 5.41) is 17.9. The molecule has 0 heterocycles. The molecule has 2 rings (SSSR count). The molecule has 12 heteroatoms. The lowest BCUT2D eigenvalue weighted by Gasteiger charge is -2.26. The van der Waals surface area contributed by atoms with Gasteiger partial charge >= 0.3 is 24.3 Å². The summed E-state index contributed by atoms with van der Waals surface area (Å²) in [7, 11) is 0. The second-order valence-electron chi connectivity index (χ2n) is 5.66. The zero-order valence-electron chi connectivity index (χ0n) is 13.0. The molecule has 0 bridgehead atoms. The van der Waals surface area contributed by atoms with Crippen LogP contribution in [0, 0.1) is 0 Å². The fraction of sp³-hybridized carbons (Fsp3) is 0.846. The number of carboxylic acid groups (broad SMARTS) is 2. The summed E-state index contributed by atoms with van der Waals surface area (Å²) < 4.78 is 63.5. The summed E-state index contributed by atoms with van der Waals surface area (Å²) in [5.74, 6) is -5.51. The minimum absolute atomic E-state index is 0.493. The van der Waals surface area contributed by atoms with Crippen LogP contribution in [0.3, 0.4) is 0 Å². The lowest BCUT2D eigenvalue weighted by atomic mass is 9.92. The summed E-state index contributed by atoms with van der Waals surface area (Å²) in [4.78, 5) is 17.8. The molecule has 0 aromatic carbocycles. The molecular formula is C13H20F6N2O4. The maximum absolute atomic E-state index is 10.6. The van der Waals surface area contributed by atoms with Gasteiger partial charge in [-0.05, 0) is 38.5 Å². The quantitative estimate of drug-likeness (QED) is 0.545. The number of halogens is 6. The summed E-state index contributed by atoms with van der Waals surface area (Å²) in [5.41, 5.74) is 5.82. The predicted molar refractivity (Wildman–Crippen MR) is 73.8 cm³/mol. The normalized spacial score (nSPS) is 23.5. The van der Waals surface area contributed by atoms with E-state index in [0.29, 0.717) is 6.04 Å². The summed E-state index contributed by atoms with van der Waals surface area (Å²) in [6.45, 7) is 0. The average Bonchev–Trinajstić information content (AvgIpc) is 3.24. The van der Waals surface area contributed by atoms with Crippen LogP contribution in [0.2, 0.25) is 0 Å². The van der Waals surface area contributed by atoms with Crippen molar-refractivity contribution in [3.05, 3.63) is 0 Å². The molecule has 0 unspecified atom stereocenters. The second kappa shape index (κ2) is 9.80. The molecule has 0 saturated heterocycles. The maximum atomic E-state index is 10.6. The topological polar surface area (TPSA) is 113 Å². The van der Waals surface area contributed by atoms with Crippen LogP contribution in [-0.2, 0) is 9.59 Å². The van der Waals surface area contributed by atoms with Crippen LogP contribution in [0.15, 0.2) is 0 Å². The summed E-state index contributed by atoms with van der Waals surface area (Å²) >= 11 is 0. The number of carboxylic acids is 2. The highest BCUT2D eigenvalue weighted by molar-refractivity contribution is 5.73. The van der Waals surface area contributed by atoms with Crippen molar-refractivity contribution in [1.29, 1.82) is 0 Å². The molecule has 0 aromatic heterocycles. The van der Waals surface area contributed by atoms with Gasteiger partial charge in [-0.15, -0.1) is 0 Å². The molecule has 0 aliphatic heterocycles. The lowest BCUT2D eigenvalue weighted by molar-refractivity contribution is -0.193. The van der Waals surface area contributed by atoms with Crippen molar-refractivity contribution in [2.75, 3.05) is 0 Å². The Bertz CT molecular complexity index is 405. The minimum Gasteiger partial charge on any atom is -0.475 e. The van der Waals surface area contributed by atoms with Crippen LogP contribution in [0.4, 0.5) is 26.3 Å². The van der Waals surface area contributed by atoms with E-state index in [4.69, 9.17) is 25.5 Å². The zero-order valence-corrected chi connectivity index (χ0v) is 13.0. The Balaban J connectivity index is 0.000000366.